The summed E-state index contributed by atoms with van der Waals surface area (Å²) in [5.74, 6) is 0.394. The molecule has 0 aliphatic carbocycles. The first-order valence-electron chi connectivity index (χ1n) is 6.60. The number of rotatable bonds is 5. The molecule has 0 radical (unpaired) electrons. The second kappa shape index (κ2) is 6.76. The van der Waals surface area contributed by atoms with Gasteiger partial charge in [-0.1, -0.05) is 30.3 Å². The maximum absolute atomic E-state index is 12.1. The van der Waals surface area contributed by atoms with Gasteiger partial charge >= 0.3 is 0 Å². The topological polar surface area (TPSA) is 70.6 Å². The average molecular weight is 286 g/mol. The molecule has 0 aliphatic heterocycles. The van der Waals surface area contributed by atoms with Crippen molar-refractivity contribution in [3.63, 3.8) is 0 Å². The van der Waals surface area contributed by atoms with Crippen LogP contribution in [0.15, 0.2) is 48.5 Å². The molecule has 1 amide bonds. The highest BCUT2D eigenvalue weighted by atomic mass is 16.5. The van der Waals surface area contributed by atoms with E-state index in [0.29, 0.717) is 16.9 Å². The quantitative estimate of drug-likeness (QED) is 0.738. The second-order valence-electron chi connectivity index (χ2n) is 4.58. The number of ether oxygens (including phenoxy) is 1. The number of phenols is 1. The van der Waals surface area contributed by atoms with Crippen LogP contribution in [0, 0.1) is 0 Å². The van der Waals surface area contributed by atoms with Gasteiger partial charge < -0.3 is 9.84 Å². The SMILES string of the molecule is COc1ccccc1C(=O)NNC(C)c1ccccc1O. The van der Waals surface area contributed by atoms with Crippen LogP contribution in [0.1, 0.15) is 28.9 Å². The molecule has 5 heteroatoms. The highest BCUT2D eigenvalue weighted by Gasteiger charge is 2.14. The summed E-state index contributed by atoms with van der Waals surface area (Å²) in [6.07, 6.45) is 0. The van der Waals surface area contributed by atoms with E-state index in [1.807, 2.05) is 13.0 Å². The summed E-state index contributed by atoms with van der Waals surface area (Å²) < 4.78 is 5.15. The predicted molar refractivity (Wildman–Crippen MR) is 80.1 cm³/mol. The van der Waals surface area contributed by atoms with Crippen molar-refractivity contribution in [1.82, 2.24) is 10.9 Å². The molecule has 5 nitrogen and oxygen atoms in total. The van der Waals surface area contributed by atoms with Crippen molar-refractivity contribution in [1.29, 1.82) is 0 Å². The van der Waals surface area contributed by atoms with E-state index in [1.54, 1.807) is 42.5 Å². The normalized spacial score (nSPS) is 11.7. The van der Waals surface area contributed by atoms with Gasteiger partial charge in [0.25, 0.3) is 5.91 Å². The van der Waals surface area contributed by atoms with E-state index in [1.165, 1.54) is 7.11 Å². The number of hydrazine groups is 1. The molecule has 2 aromatic rings. The number of phenolic OH excluding ortho intramolecular Hbond substituents is 1. The van der Waals surface area contributed by atoms with Crippen molar-refractivity contribution in [3.8, 4) is 11.5 Å². The molecule has 0 bridgehead atoms. The van der Waals surface area contributed by atoms with Gasteiger partial charge in [0, 0.05) is 5.56 Å². The molecule has 2 aromatic carbocycles. The minimum atomic E-state index is -0.297. The van der Waals surface area contributed by atoms with Gasteiger partial charge in [0.15, 0.2) is 0 Å². The number of carbonyl (C=O) groups is 1. The predicted octanol–water partition coefficient (Wildman–Crippen LogP) is 2.40. The summed E-state index contributed by atoms with van der Waals surface area (Å²) in [6.45, 7) is 1.84. The van der Waals surface area contributed by atoms with Crippen LogP contribution in [0.4, 0.5) is 0 Å². The Morgan fingerprint density at radius 2 is 1.81 bits per heavy atom. The molecular formula is C16H18N2O3. The lowest BCUT2D eigenvalue weighted by Crippen LogP contribution is -2.39. The number of methoxy groups -OCH3 is 1. The Balaban J connectivity index is 2.03. The molecule has 0 spiro atoms. The van der Waals surface area contributed by atoms with Crippen LogP contribution < -0.4 is 15.6 Å². The van der Waals surface area contributed by atoms with Gasteiger partial charge in [-0.25, -0.2) is 5.43 Å². The Morgan fingerprint density at radius 3 is 2.52 bits per heavy atom. The Bertz CT molecular complexity index is 628. The van der Waals surface area contributed by atoms with E-state index in [4.69, 9.17) is 4.74 Å². The maximum atomic E-state index is 12.1. The average Bonchev–Trinajstić information content (AvgIpc) is 2.52. The highest BCUT2D eigenvalue weighted by molar-refractivity contribution is 5.96. The number of carbonyl (C=O) groups excluding carboxylic acids is 1. The van der Waals surface area contributed by atoms with E-state index in [0.717, 1.165) is 0 Å². The van der Waals surface area contributed by atoms with Crippen molar-refractivity contribution < 1.29 is 14.6 Å². The molecule has 0 fully saturated rings. The van der Waals surface area contributed by atoms with Gasteiger partial charge in [0.2, 0.25) is 0 Å². The second-order valence-corrected chi connectivity index (χ2v) is 4.58. The molecule has 0 aromatic heterocycles. The lowest BCUT2D eigenvalue weighted by Gasteiger charge is -2.17. The minimum Gasteiger partial charge on any atom is -0.508 e. The summed E-state index contributed by atoms with van der Waals surface area (Å²) in [5, 5.41) is 9.77. The molecule has 2 rings (SSSR count). The zero-order chi connectivity index (χ0) is 15.2. The third kappa shape index (κ3) is 3.52. The Hall–Kier alpha value is -2.53. The fourth-order valence-electron chi connectivity index (χ4n) is 2.00. The first-order valence-corrected chi connectivity index (χ1v) is 6.60. The molecule has 3 N–H and O–H groups in total. The minimum absolute atomic E-state index is 0.184. The zero-order valence-corrected chi connectivity index (χ0v) is 12.0. The molecular weight excluding hydrogens is 268 g/mol. The number of amides is 1. The maximum Gasteiger partial charge on any atom is 0.269 e. The number of nitrogens with one attached hydrogen (secondary N) is 2. The van der Waals surface area contributed by atoms with Crippen LogP contribution in [-0.2, 0) is 0 Å². The largest absolute Gasteiger partial charge is 0.508 e. The van der Waals surface area contributed by atoms with Crippen molar-refractivity contribution in [2.24, 2.45) is 0 Å². The van der Waals surface area contributed by atoms with E-state index >= 15 is 0 Å². The lowest BCUT2D eigenvalue weighted by molar-refractivity contribution is 0.0923. The number of benzene rings is 2. The van der Waals surface area contributed by atoms with Crippen LogP contribution in [0.2, 0.25) is 0 Å². The van der Waals surface area contributed by atoms with Gasteiger partial charge in [0.05, 0.1) is 18.7 Å². The number of aromatic hydroxyl groups is 1. The zero-order valence-electron chi connectivity index (χ0n) is 12.0. The third-order valence-electron chi connectivity index (χ3n) is 3.16. The van der Waals surface area contributed by atoms with Crippen molar-refractivity contribution in [3.05, 3.63) is 59.7 Å². The van der Waals surface area contributed by atoms with E-state index in [2.05, 4.69) is 10.9 Å². The fraction of sp³-hybridized carbons (Fsp3) is 0.188. The first-order chi connectivity index (χ1) is 10.1. The van der Waals surface area contributed by atoms with Crippen molar-refractivity contribution in [2.75, 3.05) is 7.11 Å². The van der Waals surface area contributed by atoms with Crippen LogP contribution >= 0.6 is 0 Å². The van der Waals surface area contributed by atoms with Crippen molar-refractivity contribution in [2.45, 2.75) is 13.0 Å². The van der Waals surface area contributed by atoms with Crippen molar-refractivity contribution >= 4 is 5.91 Å². The van der Waals surface area contributed by atoms with Gasteiger partial charge in [-0.05, 0) is 25.1 Å². The number of para-hydroxylation sites is 2. The summed E-state index contributed by atoms with van der Waals surface area (Å²) in [7, 11) is 1.52. The standard InChI is InChI=1S/C16H18N2O3/c1-11(12-7-3-5-9-14(12)19)17-18-16(20)13-8-4-6-10-15(13)21-2/h3-11,17,19H,1-2H3,(H,18,20). The van der Waals surface area contributed by atoms with Gasteiger partial charge in [-0.15, -0.1) is 0 Å². The first kappa shape index (κ1) is 14.9. The van der Waals surface area contributed by atoms with Crippen LogP contribution in [0.5, 0.6) is 11.5 Å². The fourth-order valence-corrected chi connectivity index (χ4v) is 2.00. The lowest BCUT2D eigenvalue weighted by atomic mass is 10.1. The Morgan fingerprint density at radius 1 is 1.14 bits per heavy atom. The monoisotopic (exact) mass is 286 g/mol. The molecule has 0 saturated carbocycles. The summed E-state index contributed by atoms with van der Waals surface area (Å²) >= 11 is 0. The summed E-state index contributed by atoms with van der Waals surface area (Å²) in [5.41, 5.74) is 6.64. The van der Waals surface area contributed by atoms with E-state index in [-0.39, 0.29) is 17.7 Å². The molecule has 1 unspecified atom stereocenters. The Kier molecular flexibility index (Phi) is 4.79. The van der Waals surface area contributed by atoms with Crippen LogP contribution in [0.3, 0.4) is 0 Å². The van der Waals surface area contributed by atoms with Gasteiger partial charge in [-0.3, -0.25) is 10.2 Å². The van der Waals surface area contributed by atoms with Crippen LogP contribution in [-0.4, -0.2) is 18.1 Å². The number of hydrogen-bond donors (Lipinski definition) is 3. The third-order valence-corrected chi connectivity index (χ3v) is 3.16. The molecule has 21 heavy (non-hydrogen) atoms. The van der Waals surface area contributed by atoms with Crippen LogP contribution in [0.25, 0.3) is 0 Å². The molecule has 0 saturated heterocycles. The summed E-state index contributed by atoms with van der Waals surface area (Å²) in [4.78, 5) is 12.1. The summed E-state index contributed by atoms with van der Waals surface area (Å²) in [6, 6.07) is 13.7. The van der Waals surface area contributed by atoms with E-state index < -0.39 is 0 Å². The van der Waals surface area contributed by atoms with Gasteiger partial charge in [-0.2, -0.15) is 0 Å². The Labute approximate surface area is 123 Å². The molecule has 110 valence electrons. The highest BCUT2D eigenvalue weighted by Crippen LogP contribution is 2.22. The number of hydrogen-bond acceptors (Lipinski definition) is 4. The smallest absolute Gasteiger partial charge is 0.269 e. The molecule has 0 heterocycles. The molecule has 0 aliphatic rings. The van der Waals surface area contributed by atoms with E-state index in [9.17, 15) is 9.90 Å². The van der Waals surface area contributed by atoms with Gasteiger partial charge in [0.1, 0.15) is 11.5 Å². The molecule has 1 atom stereocenters.